The van der Waals surface area contributed by atoms with Gasteiger partial charge in [0.05, 0.1) is 18.9 Å². The molecule has 0 saturated carbocycles. The van der Waals surface area contributed by atoms with Gasteiger partial charge in [0.15, 0.2) is 0 Å². The van der Waals surface area contributed by atoms with E-state index in [1.165, 1.54) is 0 Å². The second-order valence-corrected chi connectivity index (χ2v) is 3.90. The summed E-state index contributed by atoms with van der Waals surface area (Å²) in [6.07, 6.45) is 1.61. The molecule has 0 aliphatic rings. The van der Waals surface area contributed by atoms with E-state index in [0.717, 1.165) is 11.3 Å². The lowest BCUT2D eigenvalue weighted by atomic mass is 10.2. The molecule has 0 fully saturated rings. The third kappa shape index (κ3) is 3.41. The van der Waals surface area contributed by atoms with Gasteiger partial charge in [0, 0.05) is 11.2 Å². The number of aromatic nitrogens is 2. The zero-order valence-electron chi connectivity index (χ0n) is 9.14. The first-order chi connectivity index (χ1) is 8.25. The fourth-order valence-corrected chi connectivity index (χ4v) is 1.56. The van der Waals surface area contributed by atoms with E-state index in [2.05, 4.69) is 9.97 Å². The number of anilines is 1. The average molecular weight is 250 g/mol. The third-order valence-electron chi connectivity index (χ3n) is 2.20. The standard InChI is InChI=1S/C12H12ClN3O/c13-11-4-2-1-3-9(11)7-17-8-10-5-6-15-12(14)16-10/h1-6H,7-8H2,(H2,14,15,16). The van der Waals surface area contributed by atoms with E-state index < -0.39 is 0 Å². The molecule has 17 heavy (non-hydrogen) atoms. The van der Waals surface area contributed by atoms with Crippen molar-refractivity contribution >= 4 is 17.5 Å². The van der Waals surface area contributed by atoms with E-state index >= 15 is 0 Å². The summed E-state index contributed by atoms with van der Waals surface area (Å²) in [6, 6.07) is 9.34. The van der Waals surface area contributed by atoms with Crippen molar-refractivity contribution in [2.45, 2.75) is 13.2 Å². The number of hydrogen-bond acceptors (Lipinski definition) is 4. The van der Waals surface area contributed by atoms with Crippen LogP contribution < -0.4 is 5.73 Å². The molecule has 0 spiro atoms. The van der Waals surface area contributed by atoms with Crippen LogP contribution in [0.4, 0.5) is 5.95 Å². The molecule has 0 aliphatic heterocycles. The Morgan fingerprint density at radius 1 is 1.18 bits per heavy atom. The van der Waals surface area contributed by atoms with Gasteiger partial charge in [0.25, 0.3) is 0 Å². The van der Waals surface area contributed by atoms with E-state index in [4.69, 9.17) is 22.1 Å². The molecule has 5 heteroatoms. The third-order valence-corrected chi connectivity index (χ3v) is 2.57. The number of benzene rings is 1. The summed E-state index contributed by atoms with van der Waals surface area (Å²) >= 11 is 6.01. The van der Waals surface area contributed by atoms with Gasteiger partial charge in [0.1, 0.15) is 0 Å². The Morgan fingerprint density at radius 3 is 2.76 bits per heavy atom. The molecule has 0 radical (unpaired) electrons. The molecule has 2 N–H and O–H groups in total. The number of nitrogens with two attached hydrogens (primary N) is 1. The Labute approximate surface area is 104 Å². The van der Waals surface area contributed by atoms with Gasteiger partial charge >= 0.3 is 0 Å². The summed E-state index contributed by atoms with van der Waals surface area (Å²) in [6.45, 7) is 0.835. The van der Waals surface area contributed by atoms with Crippen LogP contribution in [0.2, 0.25) is 5.02 Å². The zero-order valence-corrected chi connectivity index (χ0v) is 9.89. The number of nitrogens with zero attached hydrogens (tertiary/aromatic N) is 2. The Hall–Kier alpha value is -1.65. The van der Waals surface area contributed by atoms with Crippen molar-refractivity contribution in [1.29, 1.82) is 0 Å². The van der Waals surface area contributed by atoms with Crippen molar-refractivity contribution in [3.63, 3.8) is 0 Å². The largest absolute Gasteiger partial charge is 0.370 e. The Bertz CT molecular complexity index is 505. The van der Waals surface area contributed by atoms with Gasteiger partial charge in [-0.1, -0.05) is 29.8 Å². The van der Waals surface area contributed by atoms with Crippen LogP contribution in [0.1, 0.15) is 11.3 Å². The van der Waals surface area contributed by atoms with E-state index in [-0.39, 0.29) is 5.95 Å². The molecular weight excluding hydrogens is 238 g/mol. The lowest BCUT2D eigenvalue weighted by molar-refractivity contribution is 0.104. The second kappa shape index (κ2) is 5.61. The molecule has 2 aromatic rings. The Balaban J connectivity index is 1.90. The second-order valence-electron chi connectivity index (χ2n) is 3.49. The van der Waals surface area contributed by atoms with Crippen LogP contribution in [0.15, 0.2) is 36.5 Å². The molecule has 0 saturated heterocycles. The number of rotatable bonds is 4. The highest BCUT2D eigenvalue weighted by atomic mass is 35.5. The van der Waals surface area contributed by atoms with Crippen molar-refractivity contribution in [2.75, 3.05) is 5.73 Å². The minimum Gasteiger partial charge on any atom is -0.370 e. The minimum absolute atomic E-state index is 0.254. The summed E-state index contributed by atoms with van der Waals surface area (Å²) in [5, 5.41) is 0.703. The minimum atomic E-state index is 0.254. The summed E-state index contributed by atoms with van der Waals surface area (Å²) in [4.78, 5) is 7.85. The van der Waals surface area contributed by atoms with Crippen LogP contribution in [0, 0.1) is 0 Å². The van der Waals surface area contributed by atoms with Crippen LogP contribution in [-0.2, 0) is 18.0 Å². The van der Waals surface area contributed by atoms with Gasteiger partial charge in [0.2, 0.25) is 5.95 Å². The highest BCUT2D eigenvalue weighted by molar-refractivity contribution is 6.31. The lowest BCUT2D eigenvalue weighted by Crippen LogP contribution is -2.01. The molecule has 1 aromatic carbocycles. The number of halogens is 1. The quantitative estimate of drug-likeness (QED) is 0.904. The maximum atomic E-state index is 6.01. The highest BCUT2D eigenvalue weighted by Gasteiger charge is 2.00. The normalized spacial score (nSPS) is 10.4. The van der Waals surface area contributed by atoms with Gasteiger partial charge in [-0.05, 0) is 17.7 Å². The van der Waals surface area contributed by atoms with Crippen molar-refractivity contribution in [1.82, 2.24) is 9.97 Å². The molecule has 0 amide bonds. The van der Waals surface area contributed by atoms with Gasteiger partial charge in [-0.25, -0.2) is 9.97 Å². The monoisotopic (exact) mass is 249 g/mol. The molecule has 0 unspecified atom stereocenters. The first kappa shape index (κ1) is 11.8. The van der Waals surface area contributed by atoms with E-state index in [0.29, 0.717) is 18.2 Å². The maximum absolute atomic E-state index is 6.01. The molecule has 88 valence electrons. The summed E-state index contributed by atoms with van der Waals surface area (Å²) < 4.78 is 5.51. The smallest absolute Gasteiger partial charge is 0.220 e. The van der Waals surface area contributed by atoms with Crippen molar-refractivity contribution in [3.05, 3.63) is 52.8 Å². The molecular formula is C12H12ClN3O. The fraction of sp³-hybridized carbons (Fsp3) is 0.167. The van der Waals surface area contributed by atoms with Gasteiger partial charge in [-0.15, -0.1) is 0 Å². The van der Waals surface area contributed by atoms with E-state index in [9.17, 15) is 0 Å². The van der Waals surface area contributed by atoms with Crippen LogP contribution in [0.25, 0.3) is 0 Å². The molecule has 1 aromatic heterocycles. The van der Waals surface area contributed by atoms with Crippen LogP contribution in [0.3, 0.4) is 0 Å². The predicted octanol–water partition coefficient (Wildman–Crippen LogP) is 2.43. The summed E-state index contributed by atoms with van der Waals surface area (Å²) in [7, 11) is 0. The lowest BCUT2D eigenvalue weighted by Gasteiger charge is -2.05. The first-order valence-corrected chi connectivity index (χ1v) is 5.52. The number of nitrogen functional groups attached to an aromatic ring is 1. The molecule has 4 nitrogen and oxygen atoms in total. The Kier molecular flexibility index (Phi) is 3.90. The van der Waals surface area contributed by atoms with Gasteiger partial charge in [-0.3, -0.25) is 0 Å². The zero-order chi connectivity index (χ0) is 12.1. The van der Waals surface area contributed by atoms with E-state index in [1.54, 1.807) is 12.3 Å². The predicted molar refractivity (Wildman–Crippen MR) is 66.4 cm³/mol. The molecule has 1 heterocycles. The summed E-state index contributed by atoms with van der Waals surface area (Å²) in [5.74, 6) is 0.254. The van der Waals surface area contributed by atoms with Crippen molar-refractivity contribution in [2.24, 2.45) is 0 Å². The average Bonchev–Trinajstić information content (AvgIpc) is 2.32. The van der Waals surface area contributed by atoms with Gasteiger partial charge in [-0.2, -0.15) is 0 Å². The molecule has 0 bridgehead atoms. The number of ether oxygens (including phenoxy) is 1. The summed E-state index contributed by atoms with van der Waals surface area (Å²) in [5.41, 5.74) is 7.18. The van der Waals surface area contributed by atoms with E-state index in [1.807, 2.05) is 24.3 Å². The van der Waals surface area contributed by atoms with Crippen LogP contribution in [0.5, 0.6) is 0 Å². The van der Waals surface area contributed by atoms with Crippen molar-refractivity contribution < 1.29 is 4.74 Å². The fourth-order valence-electron chi connectivity index (χ4n) is 1.37. The topological polar surface area (TPSA) is 61.0 Å². The van der Waals surface area contributed by atoms with Gasteiger partial charge < -0.3 is 10.5 Å². The highest BCUT2D eigenvalue weighted by Crippen LogP contribution is 2.16. The SMILES string of the molecule is Nc1nccc(COCc2ccccc2Cl)n1. The maximum Gasteiger partial charge on any atom is 0.220 e. The molecule has 0 aliphatic carbocycles. The molecule has 2 rings (SSSR count). The number of hydrogen-bond donors (Lipinski definition) is 1. The Morgan fingerprint density at radius 2 is 2.00 bits per heavy atom. The van der Waals surface area contributed by atoms with Crippen LogP contribution >= 0.6 is 11.6 Å². The van der Waals surface area contributed by atoms with Crippen LogP contribution in [-0.4, -0.2) is 9.97 Å². The first-order valence-electron chi connectivity index (χ1n) is 5.14. The molecule has 0 atom stereocenters. The van der Waals surface area contributed by atoms with Crippen molar-refractivity contribution in [3.8, 4) is 0 Å².